The molecule has 0 aromatic heterocycles. The minimum absolute atomic E-state index is 0.0633. The summed E-state index contributed by atoms with van der Waals surface area (Å²) in [5, 5.41) is 32.6. The Bertz CT molecular complexity index is 642. The highest BCUT2D eigenvalue weighted by Gasteiger charge is 2.30. The van der Waals surface area contributed by atoms with Crippen LogP contribution in [-0.4, -0.2) is 80.9 Å². The summed E-state index contributed by atoms with van der Waals surface area (Å²) in [5.74, 6) is -7.42. The van der Waals surface area contributed by atoms with E-state index in [1.54, 1.807) is 0 Å². The zero-order valence-corrected chi connectivity index (χ0v) is 15.6. The molecule has 0 aromatic carbocycles. The number of rotatable bonds is 12. The van der Waals surface area contributed by atoms with Gasteiger partial charge in [-0.1, -0.05) is 0 Å². The van der Waals surface area contributed by atoms with E-state index in [4.69, 9.17) is 21.1 Å². The number of carboxylic acid groups (broad SMARTS) is 3. The number of carbonyl (C=O) groups excluding carboxylic acids is 3. The van der Waals surface area contributed by atoms with Crippen molar-refractivity contribution in [2.45, 2.75) is 43.9 Å². The van der Waals surface area contributed by atoms with Crippen LogP contribution in [0.15, 0.2) is 0 Å². The number of hydrogen-bond acceptors (Lipinski definition) is 8. The summed E-state index contributed by atoms with van der Waals surface area (Å²) in [7, 11) is 0. The summed E-state index contributed by atoms with van der Waals surface area (Å²) < 4.78 is 0. The van der Waals surface area contributed by atoms with E-state index < -0.39 is 72.6 Å². The van der Waals surface area contributed by atoms with Crippen molar-refractivity contribution in [2.24, 2.45) is 5.73 Å². The molecule has 0 saturated carbocycles. The number of hydrogen-bond donors (Lipinski definition) is 8. The molecule has 28 heavy (non-hydrogen) atoms. The lowest BCUT2D eigenvalue weighted by Crippen LogP contribution is -2.57. The third-order valence-corrected chi connectivity index (χ3v) is 3.68. The molecule has 0 aliphatic carbocycles. The quantitative estimate of drug-likeness (QED) is 0.147. The lowest BCUT2D eigenvalue weighted by molar-refractivity contribution is -0.147. The van der Waals surface area contributed by atoms with Gasteiger partial charge < -0.3 is 37.0 Å². The minimum Gasteiger partial charge on any atom is -0.481 e. The van der Waals surface area contributed by atoms with Gasteiger partial charge in [0.25, 0.3) is 0 Å². The van der Waals surface area contributed by atoms with E-state index >= 15 is 0 Å². The van der Waals surface area contributed by atoms with Gasteiger partial charge in [-0.25, -0.2) is 4.79 Å². The smallest absolute Gasteiger partial charge is 0.326 e. The number of amides is 3. The van der Waals surface area contributed by atoms with Crippen molar-refractivity contribution in [3.63, 3.8) is 0 Å². The number of thiol groups is 1. The van der Waals surface area contributed by atoms with E-state index in [-0.39, 0.29) is 5.75 Å². The Morgan fingerprint density at radius 2 is 1.29 bits per heavy atom. The predicted octanol–water partition coefficient (Wildman–Crippen LogP) is -3.25. The molecule has 0 aliphatic heterocycles. The molecule has 158 valence electrons. The first-order valence-electron chi connectivity index (χ1n) is 7.83. The SMILES string of the molecule is CC(NC(=O)C(CC(=O)O)NC(=O)C(N)CS)C(=O)NC(CC(=O)O)C(=O)O. The number of nitrogens with one attached hydrogen (secondary N) is 3. The van der Waals surface area contributed by atoms with Crippen molar-refractivity contribution in [3.8, 4) is 0 Å². The zero-order valence-electron chi connectivity index (χ0n) is 14.7. The van der Waals surface area contributed by atoms with Gasteiger partial charge in [0.05, 0.1) is 18.9 Å². The monoisotopic (exact) mass is 422 g/mol. The van der Waals surface area contributed by atoms with Crippen LogP contribution >= 0.6 is 12.6 Å². The average Bonchev–Trinajstić information content (AvgIpc) is 2.58. The topological polar surface area (TPSA) is 225 Å². The molecule has 0 radical (unpaired) electrons. The molecule has 0 bridgehead atoms. The van der Waals surface area contributed by atoms with Crippen LogP contribution in [0.4, 0.5) is 0 Å². The Hall–Kier alpha value is -2.87. The molecule has 13 nitrogen and oxygen atoms in total. The second-order valence-electron chi connectivity index (χ2n) is 5.68. The number of carboxylic acids is 3. The standard InChI is InChI=1S/C14H22N4O9S/c1-5(11(23)18-8(14(26)27)3-10(21)22)16-13(25)7(2-9(19)20)17-12(24)6(15)4-28/h5-8,28H,2-4,15H2,1H3,(H,16,25)(H,17,24)(H,18,23)(H,19,20)(H,21,22)(H,26,27). The van der Waals surface area contributed by atoms with E-state index in [1.165, 1.54) is 0 Å². The maximum absolute atomic E-state index is 12.2. The van der Waals surface area contributed by atoms with Crippen molar-refractivity contribution >= 4 is 48.3 Å². The van der Waals surface area contributed by atoms with Gasteiger partial charge in [-0.3, -0.25) is 24.0 Å². The van der Waals surface area contributed by atoms with E-state index in [0.717, 1.165) is 6.92 Å². The summed E-state index contributed by atoms with van der Waals surface area (Å²) >= 11 is 3.81. The molecule has 4 unspecified atom stereocenters. The van der Waals surface area contributed by atoms with Crippen molar-refractivity contribution in [1.29, 1.82) is 0 Å². The molecule has 14 heteroatoms. The first kappa shape index (κ1) is 25.1. The summed E-state index contributed by atoms with van der Waals surface area (Å²) in [6, 6.07) is -5.73. The summed E-state index contributed by atoms with van der Waals surface area (Å²) in [4.78, 5) is 68.4. The molecule has 0 heterocycles. The number of nitrogens with two attached hydrogens (primary N) is 1. The molecule has 0 aliphatic rings. The van der Waals surface area contributed by atoms with Gasteiger partial charge >= 0.3 is 17.9 Å². The Kier molecular flexibility index (Phi) is 10.6. The van der Waals surface area contributed by atoms with Crippen LogP contribution in [0, 0.1) is 0 Å². The highest BCUT2D eigenvalue weighted by molar-refractivity contribution is 7.80. The van der Waals surface area contributed by atoms with Gasteiger partial charge in [0.1, 0.15) is 18.1 Å². The second kappa shape index (κ2) is 11.8. The molecule has 8 N–H and O–H groups in total. The highest BCUT2D eigenvalue weighted by atomic mass is 32.1. The van der Waals surface area contributed by atoms with Crippen molar-refractivity contribution in [1.82, 2.24) is 16.0 Å². The lowest BCUT2D eigenvalue weighted by Gasteiger charge is -2.22. The second-order valence-corrected chi connectivity index (χ2v) is 6.04. The Labute approximate surface area is 164 Å². The Balaban J connectivity index is 5.05. The van der Waals surface area contributed by atoms with Crippen LogP contribution in [0.25, 0.3) is 0 Å². The van der Waals surface area contributed by atoms with Crippen LogP contribution < -0.4 is 21.7 Å². The van der Waals surface area contributed by atoms with Crippen LogP contribution in [0.3, 0.4) is 0 Å². The maximum atomic E-state index is 12.2. The molecule has 3 amide bonds. The van der Waals surface area contributed by atoms with Gasteiger partial charge in [-0.15, -0.1) is 0 Å². The largest absolute Gasteiger partial charge is 0.481 e. The predicted molar refractivity (Wildman–Crippen MR) is 95.4 cm³/mol. The Morgan fingerprint density at radius 1 is 0.821 bits per heavy atom. The third-order valence-electron chi connectivity index (χ3n) is 3.29. The van der Waals surface area contributed by atoms with Crippen LogP contribution in [-0.2, 0) is 28.8 Å². The molecule has 0 fully saturated rings. The van der Waals surface area contributed by atoms with E-state index in [9.17, 15) is 28.8 Å². The van der Waals surface area contributed by atoms with Crippen molar-refractivity contribution in [2.75, 3.05) is 5.75 Å². The molecular formula is C14H22N4O9S. The van der Waals surface area contributed by atoms with Gasteiger partial charge in [0.2, 0.25) is 17.7 Å². The number of aliphatic carboxylic acids is 3. The summed E-state index contributed by atoms with van der Waals surface area (Å²) in [5.41, 5.74) is 5.43. The lowest BCUT2D eigenvalue weighted by atomic mass is 10.1. The molecular weight excluding hydrogens is 400 g/mol. The molecule has 4 atom stereocenters. The van der Waals surface area contributed by atoms with E-state index in [2.05, 4.69) is 23.3 Å². The first-order valence-corrected chi connectivity index (χ1v) is 8.46. The van der Waals surface area contributed by atoms with Crippen molar-refractivity contribution in [3.05, 3.63) is 0 Å². The summed E-state index contributed by atoms with van der Waals surface area (Å²) in [6.07, 6.45) is -1.69. The van der Waals surface area contributed by atoms with Crippen LogP contribution in [0.5, 0.6) is 0 Å². The average molecular weight is 422 g/mol. The fourth-order valence-electron chi connectivity index (χ4n) is 1.80. The normalized spacial score (nSPS) is 14.7. The van der Waals surface area contributed by atoms with Crippen molar-refractivity contribution < 1.29 is 44.1 Å². The van der Waals surface area contributed by atoms with E-state index in [0.29, 0.717) is 0 Å². The van der Waals surface area contributed by atoms with Crippen LogP contribution in [0.2, 0.25) is 0 Å². The molecule has 0 aromatic rings. The van der Waals surface area contributed by atoms with Crippen LogP contribution in [0.1, 0.15) is 19.8 Å². The Morgan fingerprint density at radius 3 is 1.71 bits per heavy atom. The molecule has 0 spiro atoms. The fraction of sp³-hybridized carbons (Fsp3) is 0.571. The zero-order chi connectivity index (χ0) is 22.0. The van der Waals surface area contributed by atoms with E-state index in [1.807, 2.05) is 5.32 Å². The maximum Gasteiger partial charge on any atom is 0.326 e. The third kappa shape index (κ3) is 9.18. The molecule has 0 rings (SSSR count). The minimum atomic E-state index is -1.73. The fourth-order valence-corrected chi connectivity index (χ4v) is 1.96. The first-order chi connectivity index (χ1) is 12.9. The van der Waals surface area contributed by atoms with Gasteiger partial charge in [0.15, 0.2) is 0 Å². The molecule has 0 saturated heterocycles. The van der Waals surface area contributed by atoms with Gasteiger partial charge in [0, 0.05) is 5.75 Å². The van der Waals surface area contributed by atoms with Gasteiger partial charge in [-0.2, -0.15) is 12.6 Å². The highest BCUT2D eigenvalue weighted by Crippen LogP contribution is 1.99. The number of carbonyl (C=O) groups is 6. The summed E-state index contributed by atoms with van der Waals surface area (Å²) in [6.45, 7) is 1.16. The van der Waals surface area contributed by atoms with Gasteiger partial charge in [-0.05, 0) is 6.92 Å².